The molecule has 0 saturated carbocycles. The Morgan fingerprint density at radius 1 is 1.48 bits per heavy atom. The molecule has 6 heteroatoms. The van der Waals surface area contributed by atoms with E-state index in [9.17, 15) is 9.59 Å². The Bertz CT molecular complexity index is 548. The Kier molecular flexibility index (Phi) is 5.22. The number of likely N-dealkylation sites (tertiary alicyclic amines) is 1. The van der Waals surface area contributed by atoms with E-state index in [2.05, 4.69) is 21.2 Å². The van der Waals surface area contributed by atoms with E-state index in [-0.39, 0.29) is 18.5 Å². The van der Waals surface area contributed by atoms with Gasteiger partial charge in [0.05, 0.1) is 6.42 Å². The van der Waals surface area contributed by atoms with Gasteiger partial charge in [-0.25, -0.2) is 4.79 Å². The molecule has 1 heterocycles. The number of hydrogen-bond donors (Lipinski definition) is 2. The number of benzene rings is 1. The van der Waals surface area contributed by atoms with Crippen LogP contribution in [0.5, 0.6) is 0 Å². The molecule has 0 spiro atoms. The molecule has 5 nitrogen and oxygen atoms in total. The normalized spacial score (nSPS) is 17.8. The van der Waals surface area contributed by atoms with E-state index in [0.29, 0.717) is 6.54 Å². The topological polar surface area (TPSA) is 69.6 Å². The van der Waals surface area contributed by atoms with Gasteiger partial charge in [0.1, 0.15) is 0 Å². The molecule has 2 rings (SSSR count). The lowest BCUT2D eigenvalue weighted by atomic mass is 10.1. The maximum absolute atomic E-state index is 12.4. The van der Waals surface area contributed by atoms with Crippen LogP contribution < -0.4 is 5.32 Å². The van der Waals surface area contributed by atoms with Crippen LogP contribution in [-0.4, -0.2) is 34.6 Å². The highest BCUT2D eigenvalue weighted by molar-refractivity contribution is 9.10. The van der Waals surface area contributed by atoms with Crippen molar-refractivity contribution in [1.82, 2.24) is 4.90 Å². The maximum Gasteiger partial charge on any atom is 0.322 e. The molecule has 1 saturated heterocycles. The van der Waals surface area contributed by atoms with Crippen LogP contribution in [0.15, 0.2) is 22.7 Å². The number of halogens is 1. The molecule has 0 aromatic heterocycles. The Labute approximate surface area is 132 Å². The zero-order chi connectivity index (χ0) is 15.4. The number of amides is 2. The van der Waals surface area contributed by atoms with Crippen molar-refractivity contribution >= 4 is 33.6 Å². The molecule has 0 radical (unpaired) electrons. The highest BCUT2D eigenvalue weighted by Gasteiger charge is 2.30. The molecular weight excluding hydrogens is 336 g/mol. The summed E-state index contributed by atoms with van der Waals surface area (Å²) in [5.74, 6) is -0.863. The molecule has 114 valence electrons. The highest BCUT2D eigenvalue weighted by atomic mass is 79.9. The SMILES string of the molecule is CCc1cc(Br)ccc1NC(=O)N1CCCC1CC(=O)O. The number of aliphatic carboxylic acids is 1. The number of carbonyl (C=O) groups is 2. The van der Waals surface area contributed by atoms with Gasteiger partial charge in [-0.05, 0) is 43.0 Å². The third-order valence-corrected chi connectivity index (χ3v) is 4.23. The summed E-state index contributed by atoms with van der Waals surface area (Å²) in [5, 5.41) is 11.8. The summed E-state index contributed by atoms with van der Waals surface area (Å²) in [6.45, 7) is 2.64. The van der Waals surface area contributed by atoms with Crippen LogP contribution in [0.25, 0.3) is 0 Å². The number of anilines is 1. The number of carbonyl (C=O) groups excluding carboxylic acids is 1. The second-order valence-electron chi connectivity index (χ2n) is 5.17. The molecule has 2 N–H and O–H groups in total. The zero-order valence-corrected chi connectivity index (χ0v) is 13.5. The molecule has 21 heavy (non-hydrogen) atoms. The average molecular weight is 355 g/mol. The van der Waals surface area contributed by atoms with Crippen molar-refractivity contribution in [3.63, 3.8) is 0 Å². The molecule has 1 aromatic rings. The first-order valence-electron chi connectivity index (χ1n) is 7.09. The number of hydrogen-bond acceptors (Lipinski definition) is 2. The predicted molar refractivity (Wildman–Crippen MR) is 84.5 cm³/mol. The first-order chi connectivity index (χ1) is 10.0. The Morgan fingerprint density at radius 2 is 2.24 bits per heavy atom. The summed E-state index contributed by atoms with van der Waals surface area (Å²) in [4.78, 5) is 24.9. The molecule has 1 unspecified atom stereocenters. The number of carboxylic acid groups (broad SMARTS) is 1. The van der Waals surface area contributed by atoms with E-state index in [1.54, 1.807) is 4.90 Å². The molecule has 1 aromatic carbocycles. The molecule has 0 aliphatic carbocycles. The fraction of sp³-hybridized carbons (Fsp3) is 0.467. The molecule has 1 fully saturated rings. The molecule has 0 bridgehead atoms. The van der Waals surface area contributed by atoms with Gasteiger partial charge in [0.2, 0.25) is 0 Å². The Balaban J connectivity index is 2.09. The van der Waals surface area contributed by atoms with Gasteiger partial charge in [0, 0.05) is 22.7 Å². The monoisotopic (exact) mass is 354 g/mol. The fourth-order valence-corrected chi connectivity index (χ4v) is 3.09. The Hall–Kier alpha value is -1.56. The third kappa shape index (κ3) is 3.97. The van der Waals surface area contributed by atoms with Gasteiger partial charge < -0.3 is 15.3 Å². The summed E-state index contributed by atoms with van der Waals surface area (Å²) < 4.78 is 0.974. The minimum atomic E-state index is -0.863. The molecule has 1 aliphatic rings. The number of urea groups is 1. The number of nitrogens with one attached hydrogen (secondary N) is 1. The van der Waals surface area contributed by atoms with Crippen molar-refractivity contribution in [3.8, 4) is 0 Å². The summed E-state index contributed by atoms with van der Waals surface area (Å²) >= 11 is 3.42. The quantitative estimate of drug-likeness (QED) is 0.869. The average Bonchev–Trinajstić information content (AvgIpc) is 2.88. The van der Waals surface area contributed by atoms with E-state index in [4.69, 9.17) is 5.11 Å². The molecule has 1 aliphatic heterocycles. The van der Waals surface area contributed by atoms with Crippen molar-refractivity contribution in [3.05, 3.63) is 28.2 Å². The lowest BCUT2D eigenvalue weighted by Crippen LogP contribution is -2.39. The van der Waals surface area contributed by atoms with Gasteiger partial charge >= 0.3 is 12.0 Å². The second-order valence-corrected chi connectivity index (χ2v) is 6.09. The van der Waals surface area contributed by atoms with Gasteiger partial charge in [0.25, 0.3) is 0 Å². The van der Waals surface area contributed by atoms with Crippen molar-refractivity contribution in [2.24, 2.45) is 0 Å². The maximum atomic E-state index is 12.4. The van der Waals surface area contributed by atoms with Gasteiger partial charge in [0.15, 0.2) is 0 Å². The van der Waals surface area contributed by atoms with E-state index in [1.807, 2.05) is 25.1 Å². The van der Waals surface area contributed by atoms with Crippen molar-refractivity contribution in [2.75, 3.05) is 11.9 Å². The van der Waals surface area contributed by atoms with Gasteiger partial charge in [-0.1, -0.05) is 22.9 Å². The summed E-state index contributed by atoms with van der Waals surface area (Å²) in [7, 11) is 0. The Morgan fingerprint density at radius 3 is 2.90 bits per heavy atom. The van der Waals surface area contributed by atoms with Gasteiger partial charge in [-0.2, -0.15) is 0 Å². The minimum Gasteiger partial charge on any atom is -0.481 e. The summed E-state index contributed by atoms with van der Waals surface area (Å²) in [5.41, 5.74) is 1.83. The summed E-state index contributed by atoms with van der Waals surface area (Å²) in [6.07, 6.45) is 2.43. The van der Waals surface area contributed by atoms with Crippen molar-refractivity contribution in [1.29, 1.82) is 0 Å². The van der Waals surface area contributed by atoms with Gasteiger partial charge in [-0.3, -0.25) is 4.79 Å². The summed E-state index contributed by atoms with van der Waals surface area (Å²) in [6, 6.07) is 5.31. The van der Waals surface area contributed by atoms with Crippen LogP contribution in [0.2, 0.25) is 0 Å². The highest BCUT2D eigenvalue weighted by Crippen LogP contribution is 2.25. The van der Waals surface area contributed by atoms with E-state index in [0.717, 1.165) is 35.0 Å². The number of nitrogens with zero attached hydrogens (tertiary/aromatic N) is 1. The van der Waals surface area contributed by atoms with Gasteiger partial charge in [-0.15, -0.1) is 0 Å². The lowest BCUT2D eigenvalue weighted by Gasteiger charge is -2.24. The van der Waals surface area contributed by atoms with Crippen LogP contribution in [0.4, 0.5) is 10.5 Å². The predicted octanol–water partition coefficient (Wildman–Crippen LogP) is 3.48. The third-order valence-electron chi connectivity index (χ3n) is 3.74. The smallest absolute Gasteiger partial charge is 0.322 e. The van der Waals surface area contributed by atoms with Crippen LogP contribution in [-0.2, 0) is 11.2 Å². The van der Waals surface area contributed by atoms with Crippen molar-refractivity contribution in [2.45, 2.75) is 38.6 Å². The largest absolute Gasteiger partial charge is 0.481 e. The van der Waals surface area contributed by atoms with E-state index in [1.165, 1.54) is 0 Å². The standard InChI is InChI=1S/C15H19BrN2O3/c1-2-10-8-11(16)5-6-13(10)17-15(21)18-7-3-4-12(18)9-14(19)20/h5-6,8,12H,2-4,7,9H2,1H3,(H,17,21)(H,19,20). The molecule has 2 amide bonds. The number of rotatable bonds is 4. The van der Waals surface area contributed by atoms with E-state index >= 15 is 0 Å². The molecule has 1 atom stereocenters. The first-order valence-corrected chi connectivity index (χ1v) is 7.88. The van der Waals surface area contributed by atoms with Crippen LogP contribution in [0.1, 0.15) is 31.7 Å². The lowest BCUT2D eigenvalue weighted by molar-refractivity contribution is -0.137. The van der Waals surface area contributed by atoms with Crippen LogP contribution in [0, 0.1) is 0 Å². The van der Waals surface area contributed by atoms with E-state index < -0.39 is 5.97 Å². The number of aryl methyl sites for hydroxylation is 1. The minimum absolute atomic E-state index is 0.00833. The number of carboxylic acids is 1. The first kappa shape index (κ1) is 15.8. The second kappa shape index (κ2) is 6.93. The fourth-order valence-electron chi connectivity index (χ4n) is 2.68. The van der Waals surface area contributed by atoms with Crippen LogP contribution >= 0.6 is 15.9 Å². The van der Waals surface area contributed by atoms with Crippen LogP contribution in [0.3, 0.4) is 0 Å². The zero-order valence-electron chi connectivity index (χ0n) is 11.9. The van der Waals surface area contributed by atoms with Crippen molar-refractivity contribution < 1.29 is 14.7 Å². The molecular formula is C15H19BrN2O3.